The molecule has 1 saturated heterocycles. The van der Waals surface area contributed by atoms with Crippen LogP contribution in [-0.4, -0.2) is 28.9 Å². The van der Waals surface area contributed by atoms with Gasteiger partial charge in [-0.3, -0.25) is 9.69 Å². The van der Waals surface area contributed by atoms with E-state index in [2.05, 4.69) is 22.1 Å². The van der Waals surface area contributed by atoms with E-state index in [-0.39, 0.29) is 5.91 Å². The molecule has 106 valence electrons. The van der Waals surface area contributed by atoms with E-state index in [1.807, 2.05) is 13.8 Å². The van der Waals surface area contributed by atoms with Crippen LogP contribution >= 0.6 is 11.3 Å². The number of likely N-dealkylation sites (tertiary alicyclic amines) is 1. The summed E-state index contributed by atoms with van der Waals surface area (Å²) < 4.78 is 0. The highest BCUT2D eigenvalue weighted by Gasteiger charge is 2.18. The monoisotopic (exact) mass is 281 g/mol. The highest BCUT2D eigenvalue weighted by molar-refractivity contribution is 7.15. The summed E-state index contributed by atoms with van der Waals surface area (Å²) in [6, 6.07) is 0. The summed E-state index contributed by atoms with van der Waals surface area (Å²) in [5.74, 6) is 0.894. The molecule has 0 unspecified atom stereocenters. The summed E-state index contributed by atoms with van der Waals surface area (Å²) in [7, 11) is 0. The first-order chi connectivity index (χ1) is 9.08. The van der Waals surface area contributed by atoms with E-state index in [1.54, 1.807) is 11.3 Å². The molecule has 0 bridgehead atoms. The van der Waals surface area contributed by atoms with Gasteiger partial charge in [-0.25, -0.2) is 4.98 Å². The fourth-order valence-electron chi connectivity index (χ4n) is 2.26. The molecule has 1 fully saturated rings. The number of hydrogen-bond acceptors (Lipinski definition) is 4. The summed E-state index contributed by atoms with van der Waals surface area (Å²) in [5.41, 5.74) is 1.05. The molecule has 1 aliphatic heterocycles. The smallest absolute Gasteiger partial charge is 0.225 e. The van der Waals surface area contributed by atoms with Crippen molar-refractivity contribution in [2.75, 3.05) is 18.4 Å². The zero-order valence-electron chi connectivity index (χ0n) is 12.0. The maximum Gasteiger partial charge on any atom is 0.225 e. The van der Waals surface area contributed by atoms with E-state index in [1.165, 1.54) is 30.8 Å². The number of anilines is 1. The Morgan fingerprint density at radius 2 is 2.16 bits per heavy atom. The average Bonchev–Trinajstić information content (AvgIpc) is 2.72. The van der Waals surface area contributed by atoms with Gasteiger partial charge in [0.1, 0.15) is 0 Å². The lowest BCUT2D eigenvalue weighted by atomic mass is 9.99. The van der Waals surface area contributed by atoms with Gasteiger partial charge in [-0.2, -0.15) is 0 Å². The number of rotatable bonds is 4. The van der Waals surface area contributed by atoms with Crippen LogP contribution in [0.15, 0.2) is 0 Å². The van der Waals surface area contributed by atoms with Crippen molar-refractivity contribution in [2.24, 2.45) is 5.92 Å². The van der Waals surface area contributed by atoms with Crippen molar-refractivity contribution in [3.63, 3.8) is 0 Å². The first-order valence-corrected chi connectivity index (χ1v) is 7.88. The van der Waals surface area contributed by atoms with Crippen LogP contribution in [0.3, 0.4) is 0 Å². The molecule has 1 aliphatic rings. The third-order valence-corrected chi connectivity index (χ3v) is 4.76. The van der Waals surface area contributed by atoms with Crippen molar-refractivity contribution in [2.45, 2.75) is 46.6 Å². The number of nitrogens with one attached hydrogen (secondary N) is 1. The van der Waals surface area contributed by atoms with Crippen molar-refractivity contribution >= 4 is 22.4 Å². The van der Waals surface area contributed by atoms with Crippen LogP contribution in [0.4, 0.5) is 5.13 Å². The van der Waals surface area contributed by atoms with Gasteiger partial charge in [0.25, 0.3) is 0 Å². The van der Waals surface area contributed by atoms with Crippen LogP contribution in [0.25, 0.3) is 0 Å². The first-order valence-electron chi connectivity index (χ1n) is 7.07. The largest absolute Gasteiger partial charge is 0.302 e. The molecular weight excluding hydrogens is 258 g/mol. The topological polar surface area (TPSA) is 45.2 Å². The molecule has 0 spiro atoms. The van der Waals surface area contributed by atoms with Gasteiger partial charge in [-0.05, 0) is 38.8 Å². The predicted octanol–water partition coefficient (Wildman–Crippen LogP) is 3.03. The Morgan fingerprint density at radius 1 is 1.47 bits per heavy atom. The molecule has 0 aromatic carbocycles. The quantitative estimate of drug-likeness (QED) is 0.922. The molecule has 1 aromatic rings. The van der Waals surface area contributed by atoms with E-state index >= 15 is 0 Å². The second-order valence-electron chi connectivity index (χ2n) is 5.39. The van der Waals surface area contributed by atoms with Crippen LogP contribution in [0.1, 0.15) is 43.7 Å². The molecule has 0 saturated carbocycles. The highest BCUT2D eigenvalue weighted by Crippen LogP contribution is 2.26. The Labute approximate surface area is 119 Å². The molecule has 1 amide bonds. The first kappa shape index (κ1) is 14.5. The number of aromatic nitrogens is 1. The molecule has 1 N–H and O–H groups in total. The second kappa shape index (κ2) is 6.48. The van der Waals surface area contributed by atoms with E-state index in [0.717, 1.165) is 23.3 Å². The Bertz CT molecular complexity index is 436. The van der Waals surface area contributed by atoms with Crippen molar-refractivity contribution < 1.29 is 4.79 Å². The molecule has 2 rings (SSSR count). The van der Waals surface area contributed by atoms with Gasteiger partial charge in [0.15, 0.2) is 5.13 Å². The number of carbonyl (C=O) groups is 1. The van der Waals surface area contributed by atoms with Crippen LogP contribution < -0.4 is 5.32 Å². The van der Waals surface area contributed by atoms with Crippen molar-refractivity contribution in [1.29, 1.82) is 0 Å². The number of carbonyl (C=O) groups excluding carboxylic acids is 1. The van der Waals surface area contributed by atoms with Crippen LogP contribution in [0, 0.1) is 12.8 Å². The minimum absolute atomic E-state index is 0.0343. The Balaban J connectivity index is 1.95. The zero-order chi connectivity index (χ0) is 13.8. The Morgan fingerprint density at radius 3 is 2.79 bits per heavy atom. The van der Waals surface area contributed by atoms with E-state index in [4.69, 9.17) is 0 Å². The number of hydrogen-bond donors (Lipinski definition) is 1. The van der Waals surface area contributed by atoms with Crippen LogP contribution in [-0.2, 0) is 11.3 Å². The zero-order valence-corrected chi connectivity index (χ0v) is 12.8. The lowest BCUT2D eigenvalue weighted by molar-refractivity contribution is -0.115. The van der Waals surface area contributed by atoms with Gasteiger partial charge < -0.3 is 5.32 Å². The minimum atomic E-state index is 0.0343. The number of aryl methyl sites for hydroxylation is 1. The van der Waals surface area contributed by atoms with Gasteiger partial charge in [0.2, 0.25) is 5.91 Å². The average molecular weight is 281 g/mol. The molecular formula is C14H23N3OS. The Kier molecular flexibility index (Phi) is 4.93. The highest BCUT2D eigenvalue weighted by atomic mass is 32.1. The molecule has 19 heavy (non-hydrogen) atoms. The summed E-state index contributed by atoms with van der Waals surface area (Å²) in [5, 5.41) is 3.59. The van der Waals surface area contributed by atoms with Crippen molar-refractivity contribution in [1.82, 2.24) is 9.88 Å². The van der Waals surface area contributed by atoms with Gasteiger partial charge in [0.05, 0.1) is 5.69 Å². The maximum absolute atomic E-state index is 11.4. The molecule has 2 heterocycles. The van der Waals surface area contributed by atoms with Crippen molar-refractivity contribution in [3.8, 4) is 0 Å². The lowest BCUT2D eigenvalue weighted by Crippen LogP contribution is -2.32. The fourth-order valence-corrected chi connectivity index (χ4v) is 3.28. The SMILES string of the molecule is CCC(=O)Nc1nc(C)c(CN2CCC(C)CC2)s1. The molecule has 0 atom stereocenters. The Hall–Kier alpha value is -0.940. The number of thiazole rings is 1. The lowest BCUT2D eigenvalue weighted by Gasteiger charge is -2.29. The van der Waals surface area contributed by atoms with E-state index in [9.17, 15) is 4.79 Å². The predicted molar refractivity (Wildman–Crippen MR) is 79.4 cm³/mol. The molecule has 4 nitrogen and oxygen atoms in total. The summed E-state index contributed by atoms with van der Waals surface area (Å²) in [6.45, 7) is 9.53. The molecule has 5 heteroatoms. The van der Waals surface area contributed by atoms with E-state index < -0.39 is 0 Å². The summed E-state index contributed by atoms with van der Waals surface area (Å²) >= 11 is 1.61. The van der Waals surface area contributed by atoms with Gasteiger partial charge in [-0.1, -0.05) is 13.8 Å². The van der Waals surface area contributed by atoms with Crippen molar-refractivity contribution in [3.05, 3.63) is 10.6 Å². The minimum Gasteiger partial charge on any atom is -0.302 e. The fraction of sp³-hybridized carbons (Fsp3) is 0.714. The summed E-state index contributed by atoms with van der Waals surface area (Å²) in [4.78, 5) is 19.6. The second-order valence-corrected chi connectivity index (χ2v) is 6.47. The van der Waals surface area contributed by atoms with Gasteiger partial charge in [0, 0.05) is 17.8 Å². The van der Waals surface area contributed by atoms with Crippen LogP contribution in [0.2, 0.25) is 0 Å². The normalized spacial score (nSPS) is 17.6. The third kappa shape index (κ3) is 4.01. The molecule has 0 aliphatic carbocycles. The third-order valence-electron chi connectivity index (χ3n) is 3.70. The standard InChI is InChI=1S/C14H23N3OS/c1-4-13(18)16-14-15-11(3)12(19-14)9-17-7-5-10(2)6-8-17/h10H,4-9H2,1-3H3,(H,15,16,18). The van der Waals surface area contributed by atoms with Gasteiger partial charge >= 0.3 is 0 Å². The van der Waals surface area contributed by atoms with Crippen LogP contribution in [0.5, 0.6) is 0 Å². The maximum atomic E-state index is 11.4. The summed E-state index contributed by atoms with van der Waals surface area (Å²) in [6.07, 6.45) is 3.08. The molecule has 1 aromatic heterocycles. The van der Waals surface area contributed by atoms with E-state index in [0.29, 0.717) is 6.42 Å². The molecule has 0 radical (unpaired) electrons. The number of amides is 1. The number of nitrogens with zero attached hydrogens (tertiary/aromatic N) is 2. The van der Waals surface area contributed by atoms with Gasteiger partial charge in [-0.15, -0.1) is 11.3 Å². The number of piperidine rings is 1.